The van der Waals surface area contributed by atoms with Crippen LogP contribution in [0, 0.1) is 11.8 Å². The van der Waals surface area contributed by atoms with Gasteiger partial charge in [0.15, 0.2) is 0 Å². The summed E-state index contributed by atoms with van der Waals surface area (Å²) in [6.07, 6.45) is 23.7. The number of hydrogen-bond donors (Lipinski definition) is 2. The summed E-state index contributed by atoms with van der Waals surface area (Å²) >= 11 is 0. The topological polar surface area (TPSA) is 185 Å². The Balaban J connectivity index is 0.000000366. The lowest BCUT2D eigenvalue weighted by molar-refractivity contribution is -0.159. The number of carbonyl (C=O) groups excluding carboxylic acids is 6. The Morgan fingerprint density at radius 1 is 0.374 bits per heavy atom. The SMILES string of the molecule is CN1C(C)(C)CC(C(=O)CCCCCCCCC(=O)OC2CC(C)(C)NC(C)(C)C2)CC1(C)C.CN1C(C)(C)CC(OC(=O)CCCCCCCCC(=O)C2CC(C)(C)N(C)C(C)(C)C2)CC1(C)C.COC(=O)CCC(=O)OCCN1C(C)(C)CC(O)CC1(C)C. The molecule has 5 rings (SSSR count). The second kappa shape index (κ2) is 34.3. The second-order valence-corrected chi connectivity index (χ2v) is 35.0. The maximum atomic E-state index is 12.9. The minimum Gasteiger partial charge on any atom is -0.469 e. The number of hydrogen-bond acceptors (Lipinski definition) is 16. The summed E-state index contributed by atoms with van der Waals surface area (Å²) < 4.78 is 21.4. The molecule has 530 valence electrons. The molecule has 16 nitrogen and oxygen atoms in total. The van der Waals surface area contributed by atoms with Crippen LogP contribution in [0.2, 0.25) is 0 Å². The van der Waals surface area contributed by atoms with Gasteiger partial charge in [-0.1, -0.05) is 51.4 Å². The number of esters is 4. The summed E-state index contributed by atoms with van der Waals surface area (Å²) in [5.74, 6) is 0.422. The van der Waals surface area contributed by atoms with Gasteiger partial charge in [0, 0.05) is 125 Å². The van der Waals surface area contributed by atoms with Gasteiger partial charge in [-0.05, 0) is 224 Å². The largest absolute Gasteiger partial charge is 0.469 e. The Labute approximate surface area is 556 Å². The lowest BCUT2D eigenvalue weighted by Gasteiger charge is -2.54. The third kappa shape index (κ3) is 27.2. The summed E-state index contributed by atoms with van der Waals surface area (Å²) in [6.45, 7) is 45.0. The van der Waals surface area contributed by atoms with Gasteiger partial charge in [0.05, 0.1) is 26.1 Å². The van der Waals surface area contributed by atoms with Crippen molar-refractivity contribution in [2.24, 2.45) is 11.8 Å². The smallest absolute Gasteiger partial charge is 0.306 e. The van der Waals surface area contributed by atoms with Crippen molar-refractivity contribution in [1.29, 1.82) is 0 Å². The minimum atomic E-state index is -0.413. The van der Waals surface area contributed by atoms with Gasteiger partial charge < -0.3 is 29.4 Å². The number of rotatable bonds is 28. The molecule has 0 radical (unpaired) electrons. The van der Waals surface area contributed by atoms with Gasteiger partial charge >= 0.3 is 23.9 Å². The Morgan fingerprint density at radius 2 is 0.670 bits per heavy atom. The van der Waals surface area contributed by atoms with Gasteiger partial charge in [0.1, 0.15) is 30.4 Å². The third-order valence-electron chi connectivity index (χ3n) is 21.9. The Hall–Kier alpha value is -3.02. The molecule has 0 spiro atoms. The molecule has 91 heavy (non-hydrogen) atoms. The highest BCUT2D eigenvalue weighted by atomic mass is 16.6. The van der Waals surface area contributed by atoms with Crippen molar-refractivity contribution in [2.45, 2.75) is 392 Å². The fourth-order valence-electron chi connectivity index (χ4n) is 16.8. The molecule has 0 atom stereocenters. The maximum Gasteiger partial charge on any atom is 0.306 e. The molecular formula is C75H139N5O11. The number of carbonyl (C=O) groups is 6. The zero-order valence-corrected chi connectivity index (χ0v) is 62.9. The van der Waals surface area contributed by atoms with E-state index >= 15 is 0 Å². The number of nitrogens with one attached hydrogen (secondary N) is 1. The van der Waals surface area contributed by atoms with E-state index in [4.69, 9.17) is 14.2 Å². The first kappa shape index (κ1) is 82.2. The molecule has 2 N–H and O–H groups in total. The van der Waals surface area contributed by atoms with E-state index in [0.717, 1.165) is 141 Å². The summed E-state index contributed by atoms with van der Waals surface area (Å²) in [5.41, 5.74) is 0.0431. The van der Waals surface area contributed by atoms with E-state index in [9.17, 15) is 33.9 Å². The number of ether oxygens (including phenoxy) is 4. The van der Waals surface area contributed by atoms with Crippen LogP contribution in [0.15, 0.2) is 0 Å². The standard InChI is InChI=1S/C30H56N2O3.C29H54N2O3.C16H29NO5/c1-27(2)19-23(20-28(3,4)31(27)9)25(33)17-15-13-11-12-14-16-18-26(34)35-24-21-29(5,6)32(10)30(7,8)22-24;1-26(2)20-23(21-27(3,4)30-26)34-25(33)17-15-13-11-10-12-14-16-24(32)22-18-28(5,6)31(9)29(7,8)19-22;1-15(2)10-12(18)11-16(3,4)17(15)8-9-22-14(20)7-6-13(19)21-5/h23-24H,11-22H2,1-10H3;22-23,30H,10-21H2,1-9H3;12,18H,6-11H2,1-5H3. The van der Waals surface area contributed by atoms with Gasteiger partial charge in [-0.3, -0.25) is 48.4 Å². The Morgan fingerprint density at radius 3 is 1.01 bits per heavy atom. The fourth-order valence-corrected chi connectivity index (χ4v) is 16.8. The van der Waals surface area contributed by atoms with Crippen LogP contribution in [0.4, 0.5) is 0 Å². The van der Waals surface area contributed by atoms with E-state index in [-0.39, 0.29) is 117 Å². The number of nitrogens with zero attached hydrogens (tertiary/aromatic N) is 4. The molecule has 0 unspecified atom stereocenters. The molecule has 16 heteroatoms. The fraction of sp³-hybridized carbons (Fsp3) is 0.920. The van der Waals surface area contributed by atoms with Gasteiger partial charge in [-0.25, -0.2) is 0 Å². The number of methoxy groups -OCH3 is 1. The molecule has 0 aromatic rings. The van der Waals surface area contributed by atoms with Crippen molar-refractivity contribution in [3.63, 3.8) is 0 Å². The molecule has 5 heterocycles. The molecule has 5 fully saturated rings. The van der Waals surface area contributed by atoms with Crippen LogP contribution in [0.3, 0.4) is 0 Å². The van der Waals surface area contributed by atoms with Crippen LogP contribution in [-0.2, 0) is 47.7 Å². The molecular weight excluding hydrogens is 1150 g/mol. The van der Waals surface area contributed by atoms with E-state index in [1.54, 1.807) is 0 Å². The summed E-state index contributed by atoms with van der Waals surface area (Å²) in [5, 5.41) is 13.6. The molecule has 0 amide bonds. The van der Waals surface area contributed by atoms with Crippen molar-refractivity contribution >= 4 is 35.4 Å². The van der Waals surface area contributed by atoms with E-state index in [1.807, 2.05) is 0 Å². The van der Waals surface area contributed by atoms with Crippen LogP contribution < -0.4 is 5.32 Å². The van der Waals surface area contributed by atoms with Crippen molar-refractivity contribution in [1.82, 2.24) is 24.9 Å². The van der Waals surface area contributed by atoms with E-state index in [2.05, 4.69) is 189 Å². The van der Waals surface area contributed by atoms with Gasteiger partial charge in [-0.2, -0.15) is 0 Å². The van der Waals surface area contributed by atoms with Gasteiger partial charge in [0.25, 0.3) is 0 Å². The highest BCUT2D eigenvalue weighted by molar-refractivity contribution is 5.82. The predicted molar refractivity (Wildman–Crippen MR) is 369 cm³/mol. The molecule has 0 saturated carbocycles. The molecule has 5 aliphatic heterocycles. The average molecular weight is 1290 g/mol. The summed E-state index contributed by atoms with van der Waals surface area (Å²) in [6, 6.07) is 0. The molecule has 0 bridgehead atoms. The highest BCUT2D eigenvalue weighted by Gasteiger charge is 2.48. The third-order valence-corrected chi connectivity index (χ3v) is 21.9. The van der Waals surface area contributed by atoms with Crippen molar-refractivity contribution in [3.8, 4) is 0 Å². The Bertz CT molecular complexity index is 2230. The van der Waals surface area contributed by atoms with Crippen molar-refractivity contribution < 1.29 is 52.8 Å². The van der Waals surface area contributed by atoms with Crippen LogP contribution in [0.5, 0.6) is 0 Å². The molecule has 0 aliphatic carbocycles. The van der Waals surface area contributed by atoms with Gasteiger partial charge in [0.2, 0.25) is 0 Å². The average Bonchev–Trinajstić information content (AvgIpc) is 0.825. The summed E-state index contributed by atoms with van der Waals surface area (Å²) in [7, 11) is 7.85. The maximum absolute atomic E-state index is 12.9. The number of piperidine rings is 5. The second-order valence-electron chi connectivity index (χ2n) is 35.0. The van der Waals surface area contributed by atoms with Crippen LogP contribution in [-0.4, -0.2) is 175 Å². The van der Waals surface area contributed by atoms with Crippen LogP contribution in [0.25, 0.3) is 0 Å². The highest BCUT2D eigenvalue weighted by Crippen LogP contribution is 2.44. The minimum absolute atomic E-state index is 0.00613. The number of likely N-dealkylation sites (tertiary alicyclic amines) is 4. The first-order valence-corrected chi connectivity index (χ1v) is 35.7. The lowest BCUT2D eigenvalue weighted by Crippen LogP contribution is -2.62. The van der Waals surface area contributed by atoms with Crippen LogP contribution >= 0.6 is 0 Å². The number of aliphatic hydroxyl groups excluding tert-OH is 1. The molecule has 0 aromatic carbocycles. The zero-order chi connectivity index (χ0) is 69.4. The first-order valence-electron chi connectivity index (χ1n) is 35.7. The number of unbranched alkanes of at least 4 members (excludes halogenated alkanes) is 10. The number of aliphatic hydroxyl groups is 1. The first-order chi connectivity index (χ1) is 41.6. The summed E-state index contributed by atoms with van der Waals surface area (Å²) in [4.78, 5) is 82.6. The van der Waals surface area contributed by atoms with E-state index < -0.39 is 11.9 Å². The predicted octanol–water partition coefficient (Wildman–Crippen LogP) is 14.7. The van der Waals surface area contributed by atoms with Crippen molar-refractivity contribution in [3.05, 3.63) is 0 Å². The monoisotopic (exact) mass is 1290 g/mol. The molecule has 5 aliphatic rings. The zero-order valence-electron chi connectivity index (χ0n) is 62.9. The van der Waals surface area contributed by atoms with E-state index in [0.29, 0.717) is 43.8 Å². The number of Topliss-reactive ketones (excluding diaryl/α,β-unsaturated/α-hetero) is 2. The van der Waals surface area contributed by atoms with E-state index in [1.165, 1.54) is 7.11 Å². The Kier molecular flexibility index (Phi) is 31.0. The van der Waals surface area contributed by atoms with Crippen LogP contribution in [0.1, 0.15) is 318 Å². The number of ketones is 2. The lowest BCUT2D eigenvalue weighted by atomic mass is 9.72. The molecule has 5 saturated heterocycles. The molecule has 0 aromatic heterocycles. The normalized spacial score (nSPS) is 23.9. The quantitative estimate of drug-likeness (QED) is 0.0428. The van der Waals surface area contributed by atoms with Crippen molar-refractivity contribution in [2.75, 3.05) is 41.4 Å². The van der Waals surface area contributed by atoms with Gasteiger partial charge in [-0.15, -0.1) is 0 Å².